The summed E-state index contributed by atoms with van der Waals surface area (Å²) in [6, 6.07) is 15.1. The molecule has 0 bridgehead atoms. The van der Waals surface area contributed by atoms with E-state index in [1.165, 1.54) is 12.1 Å². The fourth-order valence-electron chi connectivity index (χ4n) is 4.13. The van der Waals surface area contributed by atoms with E-state index >= 15 is 0 Å². The number of likely N-dealkylation sites (tertiary alicyclic amines) is 1. The Morgan fingerprint density at radius 2 is 1.75 bits per heavy atom. The molecule has 4 rings (SSSR count). The molecule has 2 saturated heterocycles. The van der Waals surface area contributed by atoms with Gasteiger partial charge in [-0.1, -0.05) is 18.2 Å². The number of rotatable bonds is 5. The molecule has 2 aromatic rings. The van der Waals surface area contributed by atoms with Crippen LogP contribution in [-0.2, 0) is 4.79 Å². The van der Waals surface area contributed by atoms with Crippen LogP contribution in [-0.4, -0.2) is 71.8 Å². The minimum atomic E-state index is 0.259. The fraction of sp³-hybridized carbons (Fsp3) is 0.455. The molecule has 6 heteroatoms. The number of anilines is 1. The van der Waals surface area contributed by atoms with Crippen molar-refractivity contribution in [3.05, 3.63) is 54.9 Å². The second-order valence-electron chi connectivity index (χ2n) is 7.47. The van der Waals surface area contributed by atoms with E-state index in [1.54, 1.807) is 24.2 Å². The number of benzene rings is 1. The number of carbonyl (C=O) groups is 1. The molecule has 0 radical (unpaired) electrons. The average Bonchev–Trinajstić information content (AvgIpc) is 2.79. The Labute approximate surface area is 171 Å². The Kier molecular flexibility index (Phi) is 6.49. The number of aromatic nitrogens is 1. The first kappa shape index (κ1) is 19.3. The van der Waals surface area contributed by atoms with Crippen molar-refractivity contribution in [2.45, 2.75) is 23.8 Å². The molecule has 2 aliphatic heterocycles. The van der Waals surface area contributed by atoms with Crippen molar-refractivity contribution in [3.63, 3.8) is 0 Å². The van der Waals surface area contributed by atoms with Crippen LogP contribution in [0.5, 0.6) is 0 Å². The summed E-state index contributed by atoms with van der Waals surface area (Å²) in [5.74, 6) is 0.771. The molecule has 2 aliphatic rings. The first-order chi connectivity index (χ1) is 13.8. The molecular weight excluding hydrogens is 368 g/mol. The van der Waals surface area contributed by atoms with Crippen LogP contribution in [0.2, 0.25) is 0 Å². The van der Waals surface area contributed by atoms with E-state index in [-0.39, 0.29) is 5.91 Å². The summed E-state index contributed by atoms with van der Waals surface area (Å²) >= 11 is 1.61. The van der Waals surface area contributed by atoms with Gasteiger partial charge in [0.1, 0.15) is 0 Å². The maximum absolute atomic E-state index is 12.7. The lowest BCUT2D eigenvalue weighted by molar-refractivity contribution is -0.130. The van der Waals surface area contributed by atoms with Crippen molar-refractivity contribution in [1.29, 1.82) is 0 Å². The number of amides is 1. The molecule has 28 heavy (non-hydrogen) atoms. The standard InChI is InChI=1S/C22H28N4OS/c27-22(18-28-21-8-10-23-11-9-21)26-12-4-7-20(17-26)25-15-13-24(14-16-25)19-5-2-1-3-6-19/h1-3,5-6,8-11,20H,4,7,12-18H2/t20-/m1/s1. The Morgan fingerprint density at radius 3 is 2.50 bits per heavy atom. The van der Waals surface area contributed by atoms with Crippen LogP contribution < -0.4 is 4.90 Å². The summed E-state index contributed by atoms with van der Waals surface area (Å²) in [6.07, 6.45) is 5.86. The lowest BCUT2D eigenvalue weighted by Gasteiger charge is -2.44. The number of hydrogen-bond acceptors (Lipinski definition) is 5. The van der Waals surface area contributed by atoms with Gasteiger partial charge < -0.3 is 9.80 Å². The molecule has 1 aromatic heterocycles. The fourth-order valence-corrected chi connectivity index (χ4v) is 4.92. The Hall–Kier alpha value is -2.05. The van der Waals surface area contributed by atoms with Crippen LogP contribution in [0.1, 0.15) is 12.8 Å². The molecule has 3 heterocycles. The number of para-hydroxylation sites is 1. The van der Waals surface area contributed by atoms with E-state index in [1.807, 2.05) is 12.1 Å². The highest BCUT2D eigenvalue weighted by Crippen LogP contribution is 2.22. The highest BCUT2D eigenvalue weighted by Gasteiger charge is 2.29. The van der Waals surface area contributed by atoms with Gasteiger partial charge in [-0.05, 0) is 37.1 Å². The maximum Gasteiger partial charge on any atom is 0.232 e. The Balaban J connectivity index is 1.26. The first-order valence-electron chi connectivity index (χ1n) is 10.1. The number of carbonyl (C=O) groups excluding carboxylic acids is 1. The SMILES string of the molecule is O=C(CSc1ccncc1)N1CCC[C@@H](N2CCN(c3ccccc3)CC2)C1. The molecule has 148 valence electrons. The quantitative estimate of drug-likeness (QED) is 0.727. The van der Waals surface area contributed by atoms with Gasteiger partial charge in [0.05, 0.1) is 5.75 Å². The molecule has 0 aliphatic carbocycles. The predicted octanol–water partition coefficient (Wildman–Crippen LogP) is 2.99. The van der Waals surface area contributed by atoms with Crippen molar-refractivity contribution in [1.82, 2.24) is 14.8 Å². The number of piperazine rings is 1. The number of piperidine rings is 1. The van der Waals surface area contributed by atoms with E-state index in [2.05, 4.69) is 50.0 Å². The number of pyridine rings is 1. The van der Waals surface area contributed by atoms with Crippen molar-refractivity contribution >= 4 is 23.4 Å². The van der Waals surface area contributed by atoms with Gasteiger partial charge in [-0.2, -0.15) is 0 Å². The molecule has 1 atom stereocenters. The third-order valence-electron chi connectivity index (χ3n) is 5.71. The summed E-state index contributed by atoms with van der Waals surface area (Å²) < 4.78 is 0. The normalized spacial score (nSPS) is 20.9. The lowest BCUT2D eigenvalue weighted by atomic mass is 10.0. The number of hydrogen-bond donors (Lipinski definition) is 0. The Morgan fingerprint density at radius 1 is 1.00 bits per heavy atom. The maximum atomic E-state index is 12.7. The lowest BCUT2D eigenvalue weighted by Crippen LogP contribution is -2.56. The minimum Gasteiger partial charge on any atom is -0.369 e. The monoisotopic (exact) mass is 396 g/mol. The van der Waals surface area contributed by atoms with E-state index in [0.29, 0.717) is 11.8 Å². The van der Waals surface area contributed by atoms with Gasteiger partial charge in [0, 0.05) is 68.3 Å². The van der Waals surface area contributed by atoms with Crippen LogP contribution in [0.25, 0.3) is 0 Å². The van der Waals surface area contributed by atoms with E-state index in [0.717, 1.165) is 50.6 Å². The molecule has 0 saturated carbocycles. The summed E-state index contributed by atoms with van der Waals surface area (Å²) in [4.78, 5) is 25.0. The second-order valence-corrected chi connectivity index (χ2v) is 8.51. The zero-order chi connectivity index (χ0) is 19.2. The first-order valence-corrected chi connectivity index (χ1v) is 11.1. The van der Waals surface area contributed by atoms with E-state index in [4.69, 9.17) is 0 Å². The van der Waals surface area contributed by atoms with Gasteiger partial charge in [0.15, 0.2) is 0 Å². The molecule has 0 spiro atoms. The van der Waals surface area contributed by atoms with Crippen LogP contribution in [0.15, 0.2) is 59.8 Å². The second kappa shape index (κ2) is 9.43. The van der Waals surface area contributed by atoms with Crippen molar-refractivity contribution in [2.24, 2.45) is 0 Å². The van der Waals surface area contributed by atoms with Gasteiger partial charge in [0.25, 0.3) is 0 Å². The largest absolute Gasteiger partial charge is 0.369 e. The highest BCUT2D eigenvalue weighted by molar-refractivity contribution is 8.00. The van der Waals surface area contributed by atoms with Gasteiger partial charge >= 0.3 is 0 Å². The molecule has 0 unspecified atom stereocenters. The molecule has 5 nitrogen and oxygen atoms in total. The zero-order valence-corrected chi connectivity index (χ0v) is 17.1. The van der Waals surface area contributed by atoms with Crippen LogP contribution >= 0.6 is 11.8 Å². The zero-order valence-electron chi connectivity index (χ0n) is 16.2. The Bertz CT molecular complexity index is 750. The molecule has 1 amide bonds. The predicted molar refractivity (Wildman–Crippen MR) is 115 cm³/mol. The van der Waals surface area contributed by atoms with Crippen molar-refractivity contribution in [2.75, 3.05) is 49.9 Å². The minimum absolute atomic E-state index is 0.259. The van der Waals surface area contributed by atoms with Crippen LogP contribution in [0.4, 0.5) is 5.69 Å². The van der Waals surface area contributed by atoms with Gasteiger partial charge in [-0.25, -0.2) is 0 Å². The van der Waals surface area contributed by atoms with Gasteiger partial charge in [0.2, 0.25) is 5.91 Å². The van der Waals surface area contributed by atoms with E-state index < -0.39 is 0 Å². The molecular formula is C22H28N4OS. The molecule has 2 fully saturated rings. The summed E-state index contributed by atoms with van der Waals surface area (Å²) in [6.45, 7) is 6.05. The summed E-state index contributed by atoms with van der Waals surface area (Å²) in [5, 5.41) is 0. The summed E-state index contributed by atoms with van der Waals surface area (Å²) in [7, 11) is 0. The van der Waals surface area contributed by atoms with Gasteiger partial charge in [-0.15, -0.1) is 11.8 Å². The average molecular weight is 397 g/mol. The third-order valence-corrected chi connectivity index (χ3v) is 6.71. The smallest absolute Gasteiger partial charge is 0.232 e. The number of thioether (sulfide) groups is 1. The molecule has 1 aromatic carbocycles. The highest BCUT2D eigenvalue weighted by atomic mass is 32.2. The van der Waals surface area contributed by atoms with Crippen LogP contribution in [0, 0.1) is 0 Å². The van der Waals surface area contributed by atoms with Crippen molar-refractivity contribution < 1.29 is 4.79 Å². The van der Waals surface area contributed by atoms with Crippen molar-refractivity contribution in [3.8, 4) is 0 Å². The number of nitrogens with zero attached hydrogens (tertiary/aromatic N) is 4. The summed E-state index contributed by atoms with van der Waals surface area (Å²) in [5.41, 5.74) is 1.32. The molecule has 0 N–H and O–H groups in total. The topological polar surface area (TPSA) is 39.7 Å². The third kappa shape index (κ3) is 4.86. The van der Waals surface area contributed by atoms with E-state index in [9.17, 15) is 4.79 Å². The van der Waals surface area contributed by atoms with Crippen LogP contribution in [0.3, 0.4) is 0 Å². The van der Waals surface area contributed by atoms with Gasteiger partial charge in [-0.3, -0.25) is 14.7 Å².